The fraction of sp³-hybridized carbons (Fsp3) is 0.368. The third-order valence-electron chi connectivity index (χ3n) is 4.69. The van der Waals surface area contributed by atoms with Gasteiger partial charge in [-0.2, -0.15) is 0 Å². The quantitative estimate of drug-likeness (QED) is 0.733. The van der Waals surface area contributed by atoms with Gasteiger partial charge in [-0.15, -0.1) is 0 Å². The molecule has 3 aromatic heterocycles. The Kier molecular flexibility index (Phi) is 4.17. The van der Waals surface area contributed by atoms with Crippen LogP contribution in [0, 0.1) is 6.92 Å². The first kappa shape index (κ1) is 15.7. The van der Waals surface area contributed by atoms with E-state index in [2.05, 4.69) is 43.5 Å². The van der Waals surface area contributed by atoms with Crippen LogP contribution < -0.4 is 4.90 Å². The molecule has 6 heteroatoms. The largest absolute Gasteiger partial charge is 0.348 e. The maximum Gasteiger partial charge on any atom is 0.138 e. The van der Waals surface area contributed by atoms with Crippen molar-refractivity contribution in [1.29, 1.82) is 0 Å². The van der Waals surface area contributed by atoms with Gasteiger partial charge in [-0.3, -0.25) is 4.57 Å². The highest BCUT2D eigenvalue weighted by atomic mass is 15.2. The predicted molar refractivity (Wildman–Crippen MR) is 96.8 cm³/mol. The molecule has 0 spiro atoms. The maximum atomic E-state index is 4.94. The lowest BCUT2D eigenvalue weighted by atomic mass is 10.1. The minimum absolute atomic E-state index is 0.253. The Labute approximate surface area is 147 Å². The van der Waals surface area contributed by atoms with Crippen LogP contribution >= 0.6 is 0 Å². The molecule has 1 unspecified atom stereocenters. The van der Waals surface area contributed by atoms with Crippen molar-refractivity contribution in [2.45, 2.75) is 39.2 Å². The number of pyridine rings is 1. The van der Waals surface area contributed by atoms with Crippen LogP contribution in [0.3, 0.4) is 0 Å². The lowest BCUT2D eigenvalue weighted by molar-refractivity contribution is 0.681. The molecular weight excluding hydrogens is 312 g/mol. The standard InChI is InChI=1S/C19H22N6/c1-3-17-21-11-13-25(17)18-8-4-6-15(23-18)16-7-5-12-24(16)19-9-10-20-14(2)22-19/h4,6,8-11,13,16H,3,5,7,12H2,1-2H3. The van der Waals surface area contributed by atoms with E-state index in [9.17, 15) is 0 Å². The summed E-state index contributed by atoms with van der Waals surface area (Å²) in [5.41, 5.74) is 1.09. The van der Waals surface area contributed by atoms with Crippen molar-refractivity contribution in [3.63, 3.8) is 0 Å². The molecule has 0 aliphatic carbocycles. The van der Waals surface area contributed by atoms with Crippen molar-refractivity contribution >= 4 is 5.82 Å². The van der Waals surface area contributed by atoms with E-state index in [-0.39, 0.29) is 6.04 Å². The first-order chi connectivity index (χ1) is 12.3. The minimum atomic E-state index is 0.253. The van der Waals surface area contributed by atoms with Crippen LogP contribution in [0.1, 0.15) is 43.1 Å². The molecular formula is C19H22N6. The van der Waals surface area contributed by atoms with Gasteiger partial charge in [0.2, 0.25) is 0 Å². The van der Waals surface area contributed by atoms with Crippen LogP contribution in [0.2, 0.25) is 0 Å². The molecule has 4 heterocycles. The topological polar surface area (TPSA) is 59.7 Å². The summed E-state index contributed by atoms with van der Waals surface area (Å²) < 4.78 is 2.07. The minimum Gasteiger partial charge on any atom is -0.348 e. The third-order valence-corrected chi connectivity index (χ3v) is 4.69. The van der Waals surface area contributed by atoms with Gasteiger partial charge in [0.25, 0.3) is 0 Å². The zero-order chi connectivity index (χ0) is 17.2. The van der Waals surface area contributed by atoms with Crippen LogP contribution in [0.5, 0.6) is 0 Å². The fourth-order valence-corrected chi connectivity index (χ4v) is 3.52. The highest BCUT2D eigenvalue weighted by molar-refractivity contribution is 5.43. The average molecular weight is 334 g/mol. The molecule has 1 aliphatic rings. The Morgan fingerprint density at radius 3 is 2.84 bits per heavy atom. The van der Waals surface area contributed by atoms with E-state index in [0.717, 1.165) is 54.8 Å². The van der Waals surface area contributed by atoms with Crippen molar-refractivity contribution in [3.05, 3.63) is 60.2 Å². The van der Waals surface area contributed by atoms with E-state index in [4.69, 9.17) is 4.98 Å². The third kappa shape index (κ3) is 2.99. The zero-order valence-electron chi connectivity index (χ0n) is 14.6. The monoisotopic (exact) mass is 334 g/mol. The highest BCUT2D eigenvalue weighted by Gasteiger charge is 2.28. The van der Waals surface area contributed by atoms with Crippen molar-refractivity contribution in [3.8, 4) is 5.82 Å². The summed E-state index contributed by atoms with van der Waals surface area (Å²) in [5.74, 6) is 3.74. The van der Waals surface area contributed by atoms with E-state index >= 15 is 0 Å². The van der Waals surface area contributed by atoms with Gasteiger partial charge in [0, 0.05) is 31.6 Å². The molecule has 1 atom stereocenters. The number of rotatable bonds is 4. The second kappa shape index (κ2) is 6.63. The molecule has 0 amide bonds. The van der Waals surface area contributed by atoms with Gasteiger partial charge < -0.3 is 4.90 Å². The van der Waals surface area contributed by atoms with Gasteiger partial charge in [0.1, 0.15) is 23.3 Å². The fourth-order valence-electron chi connectivity index (χ4n) is 3.52. The number of nitrogens with zero attached hydrogens (tertiary/aromatic N) is 6. The van der Waals surface area contributed by atoms with Gasteiger partial charge in [0.15, 0.2) is 0 Å². The van der Waals surface area contributed by atoms with Crippen molar-refractivity contribution in [2.75, 3.05) is 11.4 Å². The summed E-state index contributed by atoms with van der Waals surface area (Å²) >= 11 is 0. The summed E-state index contributed by atoms with van der Waals surface area (Å²) in [6, 6.07) is 8.48. The zero-order valence-corrected chi connectivity index (χ0v) is 14.6. The predicted octanol–water partition coefficient (Wildman–Crippen LogP) is 3.27. The molecule has 1 saturated heterocycles. The van der Waals surface area contributed by atoms with Crippen LogP contribution in [-0.2, 0) is 6.42 Å². The van der Waals surface area contributed by atoms with Crippen LogP contribution in [0.25, 0.3) is 5.82 Å². The molecule has 25 heavy (non-hydrogen) atoms. The van der Waals surface area contributed by atoms with Crippen molar-refractivity contribution in [2.24, 2.45) is 0 Å². The van der Waals surface area contributed by atoms with E-state index in [0.29, 0.717) is 0 Å². The van der Waals surface area contributed by atoms with Crippen LogP contribution in [0.4, 0.5) is 5.82 Å². The Morgan fingerprint density at radius 1 is 1.08 bits per heavy atom. The van der Waals surface area contributed by atoms with E-state index in [1.165, 1.54) is 0 Å². The van der Waals surface area contributed by atoms with E-state index in [1.54, 1.807) is 0 Å². The lowest BCUT2D eigenvalue weighted by Gasteiger charge is -2.25. The summed E-state index contributed by atoms with van der Waals surface area (Å²) in [6.07, 6.45) is 8.75. The number of aromatic nitrogens is 5. The molecule has 1 fully saturated rings. The van der Waals surface area contributed by atoms with Gasteiger partial charge in [-0.05, 0) is 38.0 Å². The first-order valence-electron chi connectivity index (χ1n) is 8.82. The summed E-state index contributed by atoms with van der Waals surface area (Å²) in [6.45, 7) is 5.04. The van der Waals surface area contributed by atoms with Gasteiger partial charge in [0.05, 0.1) is 11.7 Å². The van der Waals surface area contributed by atoms with Crippen molar-refractivity contribution < 1.29 is 0 Å². The summed E-state index contributed by atoms with van der Waals surface area (Å²) in [7, 11) is 0. The van der Waals surface area contributed by atoms with Crippen LogP contribution in [0.15, 0.2) is 42.9 Å². The highest BCUT2D eigenvalue weighted by Crippen LogP contribution is 2.34. The molecule has 1 aliphatic heterocycles. The molecule has 0 radical (unpaired) electrons. The first-order valence-corrected chi connectivity index (χ1v) is 8.82. The Morgan fingerprint density at radius 2 is 2.00 bits per heavy atom. The number of anilines is 1. The maximum absolute atomic E-state index is 4.94. The normalized spacial score (nSPS) is 17.2. The SMILES string of the molecule is CCc1nccn1-c1cccc(C2CCCN2c2ccnc(C)n2)n1. The van der Waals surface area contributed by atoms with E-state index < -0.39 is 0 Å². The summed E-state index contributed by atoms with van der Waals surface area (Å²) in [5, 5.41) is 0. The van der Waals surface area contributed by atoms with E-state index in [1.807, 2.05) is 37.6 Å². The molecule has 6 nitrogen and oxygen atoms in total. The molecule has 0 saturated carbocycles. The smallest absolute Gasteiger partial charge is 0.138 e. The second-order valence-electron chi connectivity index (χ2n) is 6.30. The van der Waals surface area contributed by atoms with Gasteiger partial charge in [-0.1, -0.05) is 13.0 Å². The van der Waals surface area contributed by atoms with Crippen molar-refractivity contribution in [1.82, 2.24) is 24.5 Å². The van der Waals surface area contributed by atoms with Crippen LogP contribution in [-0.4, -0.2) is 31.0 Å². The Bertz CT molecular complexity index is 872. The van der Waals surface area contributed by atoms with Gasteiger partial charge >= 0.3 is 0 Å². The number of imidazole rings is 1. The molecule has 0 bridgehead atoms. The Hall–Kier alpha value is -2.76. The number of hydrogen-bond donors (Lipinski definition) is 0. The average Bonchev–Trinajstić information content (AvgIpc) is 3.31. The molecule has 4 rings (SSSR count). The molecule has 128 valence electrons. The molecule has 0 N–H and O–H groups in total. The second-order valence-corrected chi connectivity index (χ2v) is 6.30. The number of aryl methyl sites for hydroxylation is 2. The molecule has 3 aromatic rings. The summed E-state index contributed by atoms with van der Waals surface area (Å²) in [4.78, 5) is 20.5. The Balaban J connectivity index is 1.68. The lowest BCUT2D eigenvalue weighted by Crippen LogP contribution is -2.24. The van der Waals surface area contributed by atoms with Gasteiger partial charge in [-0.25, -0.2) is 19.9 Å². The molecule has 0 aromatic carbocycles. The number of hydrogen-bond acceptors (Lipinski definition) is 5.